The number of halogens is 5. The summed E-state index contributed by atoms with van der Waals surface area (Å²) in [5.74, 6) is -4.65. The minimum absolute atomic E-state index is 0.0668. The van der Waals surface area contributed by atoms with Crippen LogP contribution in [0, 0.1) is 11.8 Å². The van der Waals surface area contributed by atoms with Crippen molar-refractivity contribution in [2.45, 2.75) is 37.4 Å². The van der Waals surface area contributed by atoms with Crippen LogP contribution in [0.5, 0.6) is 0 Å². The molecule has 0 spiro atoms. The number of hydrogen-bond donors (Lipinski definition) is 2. The number of alkyl halides is 5. The average Bonchev–Trinajstić information content (AvgIpc) is 2.76. The normalized spacial score (nSPS) is 23.2. The second-order valence-electron chi connectivity index (χ2n) is 9.02. The SMILES string of the molecule is CN=Cc1ccc(N2C[C@H](NC(=O)NCC3CC(F)(F)C3)C[C@H](C(F)(F)F)C2)c2cccnc12. The summed E-state index contributed by atoms with van der Waals surface area (Å²) in [7, 11) is 1.62. The van der Waals surface area contributed by atoms with Gasteiger partial charge >= 0.3 is 12.2 Å². The quantitative estimate of drug-likeness (QED) is 0.490. The number of urea groups is 1. The number of pyridine rings is 1. The molecule has 2 aliphatic rings. The molecule has 2 amide bonds. The van der Waals surface area contributed by atoms with Crippen molar-refractivity contribution in [2.24, 2.45) is 16.8 Å². The van der Waals surface area contributed by atoms with Crippen molar-refractivity contribution in [3.05, 3.63) is 36.0 Å². The summed E-state index contributed by atoms with van der Waals surface area (Å²) in [4.78, 5) is 22.3. The van der Waals surface area contributed by atoms with E-state index in [-0.39, 0.29) is 44.8 Å². The van der Waals surface area contributed by atoms with Gasteiger partial charge in [0.1, 0.15) is 0 Å². The van der Waals surface area contributed by atoms with E-state index in [1.807, 2.05) is 0 Å². The highest BCUT2D eigenvalue weighted by molar-refractivity contribution is 6.03. The van der Waals surface area contributed by atoms with Gasteiger partial charge in [0.05, 0.1) is 11.4 Å². The minimum atomic E-state index is -4.44. The average molecular weight is 483 g/mol. The maximum atomic E-state index is 13.7. The lowest BCUT2D eigenvalue weighted by molar-refractivity contribution is -0.177. The van der Waals surface area contributed by atoms with Crippen molar-refractivity contribution in [3.8, 4) is 0 Å². The Morgan fingerprint density at radius 1 is 1.26 bits per heavy atom. The molecule has 1 saturated carbocycles. The Balaban J connectivity index is 1.51. The van der Waals surface area contributed by atoms with Crippen molar-refractivity contribution < 1.29 is 26.7 Å². The number of nitrogens with zero attached hydrogens (tertiary/aromatic N) is 3. The summed E-state index contributed by atoms with van der Waals surface area (Å²) < 4.78 is 67.2. The van der Waals surface area contributed by atoms with Gasteiger partial charge in [-0.3, -0.25) is 9.98 Å². The fourth-order valence-corrected chi connectivity index (χ4v) is 4.74. The van der Waals surface area contributed by atoms with Gasteiger partial charge in [-0.2, -0.15) is 13.2 Å². The highest BCUT2D eigenvalue weighted by atomic mass is 19.4. The lowest BCUT2D eigenvalue weighted by Gasteiger charge is -2.40. The van der Waals surface area contributed by atoms with Gasteiger partial charge in [0.15, 0.2) is 0 Å². The van der Waals surface area contributed by atoms with E-state index in [1.54, 1.807) is 48.6 Å². The molecule has 2 N–H and O–H groups in total. The zero-order valence-corrected chi connectivity index (χ0v) is 18.6. The second-order valence-corrected chi connectivity index (χ2v) is 9.02. The molecule has 1 aliphatic carbocycles. The first-order chi connectivity index (χ1) is 16.1. The Morgan fingerprint density at radius 3 is 2.71 bits per heavy atom. The summed E-state index contributed by atoms with van der Waals surface area (Å²) in [5.41, 5.74) is 1.97. The standard InChI is InChI=1S/C23H26F5N5O/c1-29-11-15-4-5-19(18-3-2-6-30-20(15)18)33-12-16(23(26,27)28)7-17(13-33)32-21(34)31-10-14-8-22(24,25)9-14/h2-6,11,14,16-17H,7-10,12-13H2,1H3,(H2,31,32,34)/t16-,17+/m0/s1. The molecule has 4 rings (SSSR count). The molecule has 2 heterocycles. The number of benzene rings is 1. The number of hydrogen-bond acceptors (Lipinski definition) is 4. The lowest BCUT2D eigenvalue weighted by atomic mass is 9.81. The van der Waals surface area contributed by atoms with Crippen LogP contribution in [0.4, 0.5) is 32.4 Å². The number of rotatable bonds is 5. The molecule has 2 aromatic rings. The Morgan fingerprint density at radius 2 is 2.03 bits per heavy atom. The Kier molecular flexibility index (Phi) is 6.64. The maximum Gasteiger partial charge on any atom is 0.393 e. The molecular formula is C23H26F5N5O. The molecule has 184 valence electrons. The van der Waals surface area contributed by atoms with Gasteiger partial charge < -0.3 is 15.5 Å². The lowest BCUT2D eigenvalue weighted by Crippen LogP contribution is -2.56. The Bertz CT molecular complexity index is 1070. The molecule has 1 aliphatic heterocycles. The van der Waals surface area contributed by atoms with Gasteiger partial charge in [-0.15, -0.1) is 0 Å². The number of amides is 2. The highest BCUT2D eigenvalue weighted by Crippen LogP contribution is 2.42. The Labute approximate surface area is 193 Å². The van der Waals surface area contributed by atoms with Crippen LogP contribution in [0.15, 0.2) is 35.5 Å². The van der Waals surface area contributed by atoms with E-state index in [4.69, 9.17) is 0 Å². The fraction of sp³-hybridized carbons (Fsp3) is 0.522. The summed E-state index contributed by atoms with van der Waals surface area (Å²) in [6.45, 7) is -0.00429. The highest BCUT2D eigenvalue weighted by Gasteiger charge is 2.46. The molecule has 2 atom stereocenters. The van der Waals surface area contributed by atoms with E-state index >= 15 is 0 Å². The molecule has 0 radical (unpaired) electrons. The van der Waals surface area contributed by atoms with Gasteiger partial charge in [-0.05, 0) is 36.6 Å². The molecule has 1 aromatic carbocycles. The zero-order valence-electron chi connectivity index (χ0n) is 18.6. The molecule has 1 saturated heterocycles. The molecule has 1 aromatic heterocycles. The largest absolute Gasteiger partial charge is 0.393 e. The summed E-state index contributed by atoms with van der Waals surface area (Å²) in [6.07, 6.45) is -2.02. The maximum absolute atomic E-state index is 13.7. The van der Waals surface area contributed by atoms with E-state index in [1.165, 1.54) is 0 Å². The number of aromatic nitrogens is 1. The number of carbonyl (C=O) groups is 1. The third kappa shape index (κ3) is 5.39. The smallest absolute Gasteiger partial charge is 0.368 e. The topological polar surface area (TPSA) is 69.6 Å². The minimum Gasteiger partial charge on any atom is -0.368 e. The number of nitrogens with one attached hydrogen (secondary N) is 2. The van der Waals surface area contributed by atoms with Crippen molar-refractivity contribution in [2.75, 3.05) is 31.6 Å². The van der Waals surface area contributed by atoms with Crippen molar-refractivity contribution in [1.29, 1.82) is 0 Å². The predicted octanol–water partition coefficient (Wildman–Crippen LogP) is 4.39. The number of fused-ring (bicyclic) bond motifs is 1. The second kappa shape index (κ2) is 9.34. The van der Waals surface area contributed by atoms with Crippen molar-refractivity contribution in [1.82, 2.24) is 15.6 Å². The van der Waals surface area contributed by atoms with Crippen LogP contribution < -0.4 is 15.5 Å². The molecule has 0 bridgehead atoms. The molecule has 34 heavy (non-hydrogen) atoms. The van der Waals surface area contributed by atoms with E-state index < -0.39 is 30.1 Å². The van der Waals surface area contributed by atoms with E-state index in [9.17, 15) is 26.7 Å². The van der Waals surface area contributed by atoms with Crippen LogP contribution >= 0.6 is 0 Å². The third-order valence-corrected chi connectivity index (χ3v) is 6.36. The number of anilines is 1. The van der Waals surface area contributed by atoms with Gasteiger partial charge in [0.2, 0.25) is 5.92 Å². The number of carbonyl (C=O) groups excluding carboxylic acids is 1. The van der Waals surface area contributed by atoms with Crippen LogP contribution in [0.3, 0.4) is 0 Å². The molecule has 0 unspecified atom stereocenters. The monoisotopic (exact) mass is 483 g/mol. The van der Waals surface area contributed by atoms with Crippen LogP contribution in [0.2, 0.25) is 0 Å². The first-order valence-corrected chi connectivity index (χ1v) is 11.1. The van der Waals surface area contributed by atoms with E-state index in [0.717, 1.165) is 5.56 Å². The number of piperidine rings is 1. The van der Waals surface area contributed by atoms with Gasteiger partial charge in [-0.25, -0.2) is 13.6 Å². The fourth-order valence-electron chi connectivity index (χ4n) is 4.74. The summed E-state index contributed by atoms with van der Waals surface area (Å²) in [6, 6.07) is 5.60. The molecule has 11 heteroatoms. The van der Waals surface area contributed by atoms with E-state index in [2.05, 4.69) is 20.6 Å². The molecule has 6 nitrogen and oxygen atoms in total. The van der Waals surface area contributed by atoms with Crippen molar-refractivity contribution in [3.63, 3.8) is 0 Å². The zero-order chi connectivity index (χ0) is 24.5. The summed E-state index contributed by atoms with van der Waals surface area (Å²) in [5, 5.41) is 5.82. The molecular weight excluding hydrogens is 457 g/mol. The number of aliphatic imine (C=N–C) groups is 1. The van der Waals surface area contributed by atoms with Crippen LogP contribution in [0.25, 0.3) is 10.9 Å². The third-order valence-electron chi connectivity index (χ3n) is 6.36. The first-order valence-electron chi connectivity index (χ1n) is 11.1. The van der Waals surface area contributed by atoms with Crippen LogP contribution in [-0.4, -0.2) is 62.1 Å². The van der Waals surface area contributed by atoms with Crippen molar-refractivity contribution >= 4 is 28.8 Å². The summed E-state index contributed by atoms with van der Waals surface area (Å²) >= 11 is 0. The van der Waals surface area contributed by atoms with Crippen LogP contribution in [-0.2, 0) is 0 Å². The van der Waals surface area contributed by atoms with Gasteiger partial charge in [-0.1, -0.05) is 0 Å². The van der Waals surface area contributed by atoms with E-state index in [0.29, 0.717) is 16.6 Å². The molecule has 2 fully saturated rings. The van der Waals surface area contributed by atoms with Gasteiger partial charge in [0, 0.05) is 74.6 Å². The first kappa shape index (κ1) is 24.2. The predicted molar refractivity (Wildman–Crippen MR) is 120 cm³/mol. The van der Waals surface area contributed by atoms with Crippen LogP contribution in [0.1, 0.15) is 24.8 Å². The van der Waals surface area contributed by atoms with Gasteiger partial charge in [0.25, 0.3) is 0 Å². The Hall–Kier alpha value is -2.98.